The molecule has 17 heavy (non-hydrogen) atoms. The van der Waals surface area contributed by atoms with E-state index in [4.69, 9.17) is 0 Å². The Morgan fingerprint density at radius 1 is 1.18 bits per heavy atom. The van der Waals surface area contributed by atoms with Crippen molar-refractivity contribution in [3.05, 3.63) is 32.2 Å². The van der Waals surface area contributed by atoms with Crippen LogP contribution >= 0.6 is 31.9 Å². The van der Waals surface area contributed by atoms with Gasteiger partial charge in [-0.1, -0.05) is 31.9 Å². The molecule has 0 bridgehead atoms. The minimum absolute atomic E-state index is 0.843. The zero-order chi connectivity index (χ0) is 12.3. The van der Waals surface area contributed by atoms with Crippen molar-refractivity contribution in [2.45, 2.75) is 45.1 Å². The van der Waals surface area contributed by atoms with Crippen LogP contribution in [0.3, 0.4) is 0 Å². The molecule has 1 N–H and O–H groups in total. The quantitative estimate of drug-likeness (QED) is 0.731. The maximum atomic E-state index is 3.65. The predicted octanol–water partition coefficient (Wildman–Crippen LogP) is 4.59. The van der Waals surface area contributed by atoms with Crippen LogP contribution in [0.2, 0.25) is 0 Å². The number of benzene rings is 1. The Hall–Kier alpha value is 0.140. The topological polar surface area (TPSA) is 12.0 Å². The average molecular weight is 361 g/mol. The van der Waals surface area contributed by atoms with Gasteiger partial charge in [0, 0.05) is 15.0 Å². The summed E-state index contributed by atoms with van der Waals surface area (Å²) in [7, 11) is 0. The summed E-state index contributed by atoms with van der Waals surface area (Å²) in [6.45, 7) is 3.30. The largest absolute Gasteiger partial charge is 0.314 e. The molecule has 3 heteroatoms. The van der Waals surface area contributed by atoms with Crippen molar-refractivity contribution in [2.75, 3.05) is 6.54 Å². The van der Waals surface area contributed by atoms with Gasteiger partial charge in [-0.2, -0.15) is 0 Å². The smallest absolute Gasteiger partial charge is 0.0210 e. The van der Waals surface area contributed by atoms with E-state index in [0.717, 1.165) is 12.5 Å². The van der Waals surface area contributed by atoms with E-state index in [1.807, 2.05) is 0 Å². The second-order valence-electron chi connectivity index (χ2n) is 4.88. The first-order chi connectivity index (χ1) is 8.16. The Labute approximate surface area is 121 Å². The maximum Gasteiger partial charge on any atom is 0.0210 e. The lowest BCUT2D eigenvalue weighted by molar-refractivity contribution is 0.619. The fourth-order valence-electron chi connectivity index (χ4n) is 1.91. The van der Waals surface area contributed by atoms with Crippen LogP contribution in [0, 0.1) is 6.92 Å². The van der Waals surface area contributed by atoms with Gasteiger partial charge in [0.1, 0.15) is 0 Å². The third-order valence-corrected chi connectivity index (χ3v) is 4.80. The molecular weight excluding hydrogens is 342 g/mol. The van der Waals surface area contributed by atoms with Crippen molar-refractivity contribution < 1.29 is 0 Å². The van der Waals surface area contributed by atoms with Gasteiger partial charge in [-0.15, -0.1) is 0 Å². The summed E-state index contributed by atoms with van der Waals surface area (Å²) >= 11 is 7.24. The van der Waals surface area contributed by atoms with Crippen LogP contribution in [-0.4, -0.2) is 12.6 Å². The van der Waals surface area contributed by atoms with Crippen LogP contribution in [-0.2, 0) is 6.42 Å². The van der Waals surface area contributed by atoms with E-state index >= 15 is 0 Å². The molecule has 1 aromatic carbocycles. The highest BCUT2D eigenvalue weighted by atomic mass is 79.9. The highest BCUT2D eigenvalue weighted by Crippen LogP contribution is 2.26. The van der Waals surface area contributed by atoms with Crippen molar-refractivity contribution >= 4 is 31.9 Å². The van der Waals surface area contributed by atoms with E-state index in [9.17, 15) is 0 Å². The van der Waals surface area contributed by atoms with Crippen LogP contribution in [0.4, 0.5) is 0 Å². The molecule has 94 valence electrons. The highest BCUT2D eigenvalue weighted by Gasteiger charge is 2.19. The minimum Gasteiger partial charge on any atom is -0.314 e. The molecule has 0 spiro atoms. The van der Waals surface area contributed by atoms with Gasteiger partial charge in [0.05, 0.1) is 0 Å². The summed E-state index contributed by atoms with van der Waals surface area (Å²) in [4.78, 5) is 0. The molecule has 0 radical (unpaired) electrons. The number of aryl methyl sites for hydroxylation is 2. The Balaban J connectivity index is 1.75. The highest BCUT2D eigenvalue weighted by molar-refractivity contribution is 9.11. The van der Waals surface area contributed by atoms with E-state index in [-0.39, 0.29) is 0 Å². The SMILES string of the molecule is Cc1cc(Br)c(CCCCNC2CC2)cc1Br. The number of halogens is 2. The van der Waals surface area contributed by atoms with Crippen LogP contribution in [0.15, 0.2) is 21.1 Å². The lowest BCUT2D eigenvalue weighted by atomic mass is 10.1. The lowest BCUT2D eigenvalue weighted by Crippen LogP contribution is -2.17. The zero-order valence-corrected chi connectivity index (χ0v) is 13.4. The van der Waals surface area contributed by atoms with E-state index in [1.54, 1.807) is 0 Å². The van der Waals surface area contributed by atoms with E-state index in [2.05, 4.69) is 56.2 Å². The Bertz CT molecular complexity index is 386. The van der Waals surface area contributed by atoms with Crippen LogP contribution in [0.25, 0.3) is 0 Å². The van der Waals surface area contributed by atoms with Crippen molar-refractivity contribution in [1.29, 1.82) is 0 Å². The molecule has 0 heterocycles. The molecule has 0 saturated heterocycles. The first-order valence-electron chi connectivity index (χ1n) is 6.34. The van der Waals surface area contributed by atoms with Crippen molar-refractivity contribution in [1.82, 2.24) is 5.32 Å². The summed E-state index contributed by atoms with van der Waals surface area (Å²) in [5.74, 6) is 0. The van der Waals surface area contributed by atoms with Gasteiger partial charge in [0.2, 0.25) is 0 Å². The van der Waals surface area contributed by atoms with Gasteiger partial charge < -0.3 is 5.32 Å². The second-order valence-corrected chi connectivity index (χ2v) is 6.59. The summed E-state index contributed by atoms with van der Waals surface area (Å²) in [5.41, 5.74) is 2.70. The molecule has 0 amide bonds. The molecule has 1 nitrogen and oxygen atoms in total. The Morgan fingerprint density at radius 3 is 2.65 bits per heavy atom. The first kappa shape index (κ1) is 13.6. The summed E-state index contributed by atoms with van der Waals surface area (Å²) in [6, 6.07) is 5.28. The van der Waals surface area contributed by atoms with Crippen LogP contribution in [0.1, 0.15) is 36.8 Å². The van der Waals surface area contributed by atoms with E-state index in [0.29, 0.717) is 0 Å². The second kappa shape index (κ2) is 6.35. The van der Waals surface area contributed by atoms with Crippen molar-refractivity contribution in [3.63, 3.8) is 0 Å². The third kappa shape index (κ3) is 4.38. The van der Waals surface area contributed by atoms with Crippen molar-refractivity contribution in [3.8, 4) is 0 Å². The molecule has 1 fully saturated rings. The van der Waals surface area contributed by atoms with Gasteiger partial charge in [-0.25, -0.2) is 0 Å². The average Bonchev–Trinajstić information content (AvgIpc) is 3.08. The molecule has 0 aromatic heterocycles. The molecule has 1 aliphatic rings. The monoisotopic (exact) mass is 359 g/mol. The standard InChI is InChI=1S/C14H19Br2N/c1-10-8-14(16)11(9-13(10)15)4-2-3-7-17-12-5-6-12/h8-9,12,17H,2-7H2,1H3. The minimum atomic E-state index is 0.843. The number of nitrogens with one attached hydrogen (secondary N) is 1. The lowest BCUT2D eigenvalue weighted by Gasteiger charge is -2.08. The number of rotatable bonds is 6. The maximum absolute atomic E-state index is 3.65. The zero-order valence-electron chi connectivity index (χ0n) is 10.2. The number of hydrogen-bond donors (Lipinski definition) is 1. The van der Waals surface area contributed by atoms with Crippen LogP contribution < -0.4 is 5.32 Å². The summed E-state index contributed by atoms with van der Waals surface area (Å²) < 4.78 is 2.46. The Kier molecular flexibility index (Phi) is 5.07. The molecule has 0 aliphatic heterocycles. The first-order valence-corrected chi connectivity index (χ1v) is 7.93. The predicted molar refractivity (Wildman–Crippen MR) is 80.5 cm³/mol. The summed E-state index contributed by atoms with van der Waals surface area (Å²) in [6.07, 6.45) is 6.46. The molecule has 0 unspecified atom stereocenters. The fraction of sp³-hybridized carbons (Fsp3) is 0.571. The number of hydrogen-bond acceptors (Lipinski definition) is 1. The van der Waals surface area contributed by atoms with Gasteiger partial charge in [-0.3, -0.25) is 0 Å². The van der Waals surface area contributed by atoms with Gasteiger partial charge in [0.15, 0.2) is 0 Å². The van der Waals surface area contributed by atoms with Gasteiger partial charge in [0.25, 0.3) is 0 Å². The van der Waals surface area contributed by atoms with Gasteiger partial charge in [-0.05, 0) is 68.8 Å². The van der Waals surface area contributed by atoms with Gasteiger partial charge >= 0.3 is 0 Å². The van der Waals surface area contributed by atoms with E-state index < -0.39 is 0 Å². The van der Waals surface area contributed by atoms with Crippen molar-refractivity contribution in [2.24, 2.45) is 0 Å². The third-order valence-electron chi connectivity index (χ3n) is 3.21. The normalized spacial score (nSPS) is 15.2. The molecule has 2 rings (SSSR count). The fourth-order valence-corrected chi connectivity index (χ4v) is 2.96. The summed E-state index contributed by atoms with van der Waals surface area (Å²) in [5, 5.41) is 3.56. The molecule has 0 atom stereocenters. The molecule has 1 saturated carbocycles. The van der Waals surface area contributed by atoms with Crippen LogP contribution in [0.5, 0.6) is 0 Å². The Morgan fingerprint density at radius 2 is 1.94 bits per heavy atom. The molecule has 1 aliphatic carbocycles. The molecule has 1 aromatic rings. The van der Waals surface area contributed by atoms with E-state index in [1.165, 1.54) is 52.3 Å². The number of unbranched alkanes of at least 4 members (excludes halogenated alkanes) is 1. The molecular formula is C14H19Br2N.